The van der Waals surface area contributed by atoms with E-state index in [4.69, 9.17) is 24.7 Å². The summed E-state index contributed by atoms with van der Waals surface area (Å²) >= 11 is 0. The van der Waals surface area contributed by atoms with Gasteiger partial charge in [0.25, 0.3) is 0 Å². The molecule has 18 nitrogen and oxygen atoms in total. The van der Waals surface area contributed by atoms with Crippen molar-refractivity contribution in [2.45, 2.75) is 208 Å². The van der Waals surface area contributed by atoms with E-state index in [-0.39, 0.29) is 50.7 Å². The van der Waals surface area contributed by atoms with Crippen LogP contribution in [0, 0.1) is 11.8 Å². The van der Waals surface area contributed by atoms with Gasteiger partial charge in [0, 0.05) is 44.1 Å². The molecule has 8 unspecified atom stereocenters. The Labute approximate surface area is 412 Å². The van der Waals surface area contributed by atoms with Crippen molar-refractivity contribution in [3.05, 3.63) is 85.1 Å². The molecule has 1 saturated carbocycles. The summed E-state index contributed by atoms with van der Waals surface area (Å²) in [7, 11) is 0. The van der Waals surface area contributed by atoms with Crippen LogP contribution in [0.15, 0.2) is 85.1 Å². The van der Waals surface area contributed by atoms with Gasteiger partial charge in [-0.3, -0.25) is 9.59 Å². The van der Waals surface area contributed by atoms with Crippen LogP contribution >= 0.6 is 0 Å². The number of nitrogens with one attached hydrogen (secondary N) is 1. The zero-order valence-corrected chi connectivity index (χ0v) is 40.7. The van der Waals surface area contributed by atoms with Gasteiger partial charge in [-0.2, -0.15) is 0 Å². The highest BCUT2D eigenvalue weighted by Crippen LogP contribution is 2.38. The lowest BCUT2D eigenvalue weighted by Gasteiger charge is -2.46. The Morgan fingerprint density at radius 2 is 1.26 bits per heavy atom. The molecule has 1 amide bonds. The van der Waals surface area contributed by atoms with Crippen LogP contribution < -0.4 is 11.1 Å². The topological polar surface area (TPSA) is 311 Å². The van der Waals surface area contributed by atoms with E-state index in [0.29, 0.717) is 0 Å². The highest BCUT2D eigenvalue weighted by Gasteiger charge is 2.51. The number of cyclic esters (lactones) is 1. The Morgan fingerprint density at radius 1 is 0.657 bits per heavy atom. The summed E-state index contributed by atoms with van der Waals surface area (Å²) in [5.74, 6) is -4.92. The van der Waals surface area contributed by atoms with E-state index in [9.17, 15) is 60.7 Å². The SMILES string of the molecule is C[C@H]1C[C@H](O)[C@@H](C)/C=C/C=C/C=C/C=C/C=C/C=C/C=C/C(O[C@@H]2OC[C@@H](O)[C@H](N)[C@@H]2O)C[C@@H]2OC(O)(CC(O)CC(O)C(O)CCC(O)CC(O)CC(=O)O1)C[C@H](O)C2C(=O)NC1CCCCCC1. The minimum atomic E-state index is -2.24. The molecule has 13 N–H and O–H groups in total. The van der Waals surface area contributed by atoms with Crippen LogP contribution in [0.5, 0.6) is 0 Å². The van der Waals surface area contributed by atoms with Crippen molar-refractivity contribution in [3.8, 4) is 0 Å². The molecule has 4 rings (SSSR count). The number of ether oxygens (including phenoxy) is 4. The van der Waals surface area contributed by atoms with E-state index >= 15 is 0 Å². The second-order valence-electron chi connectivity index (χ2n) is 19.6. The Balaban J connectivity index is 1.58. The van der Waals surface area contributed by atoms with Crippen molar-refractivity contribution >= 4 is 11.9 Å². The number of rotatable bonds is 4. The maximum absolute atomic E-state index is 14.1. The largest absolute Gasteiger partial charge is 0.462 e. The van der Waals surface area contributed by atoms with Gasteiger partial charge in [-0.1, -0.05) is 118 Å². The minimum Gasteiger partial charge on any atom is -0.462 e. The van der Waals surface area contributed by atoms with Crippen LogP contribution in [0.25, 0.3) is 0 Å². The second kappa shape index (κ2) is 30.6. The number of amides is 1. The number of nitrogens with two attached hydrogens (primary N) is 1. The van der Waals surface area contributed by atoms with Crippen LogP contribution in [0.1, 0.15) is 110 Å². The van der Waals surface area contributed by atoms with E-state index in [1.54, 1.807) is 49.5 Å². The fourth-order valence-corrected chi connectivity index (χ4v) is 9.23. The van der Waals surface area contributed by atoms with Crippen molar-refractivity contribution in [1.29, 1.82) is 0 Å². The van der Waals surface area contributed by atoms with Gasteiger partial charge >= 0.3 is 5.97 Å². The molecule has 0 aromatic carbocycles. The lowest BCUT2D eigenvalue weighted by molar-refractivity contribution is -0.304. The maximum Gasteiger partial charge on any atom is 0.308 e. The van der Waals surface area contributed by atoms with Gasteiger partial charge in [0.1, 0.15) is 12.2 Å². The molecule has 2 bridgehead atoms. The third kappa shape index (κ3) is 21.0. The number of allylic oxidation sites excluding steroid dienone is 12. The number of aliphatic hydroxyl groups excluding tert-OH is 9. The number of aliphatic hydroxyl groups is 10. The number of carbonyl (C=O) groups excluding carboxylic acids is 2. The van der Waals surface area contributed by atoms with Gasteiger partial charge in [0.15, 0.2) is 12.1 Å². The third-order valence-electron chi connectivity index (χ3n) is 13.3. The third-order valence-corrected chi connectivity index (χ3v) is 13.3. The van der Waals surface area contributed by atoms with Crippen molar-refractivity contribution < 1.29 is 79.6 Å². The Morgan fingerprint density at radius 3 is 1.89 bits per heavy atom. The van der Waals surface area contributed by atoms with Crippen LogP contribution in [-0.2, 0) is 28.5 Å². The smallest absolute Gasteiger partial charge is 0.308 e. The molecular formula is C52H82N2O16. The lowest BCUT2D eigenvalue weighted by atomic mass is 9.82. The average molecular weight is 991 g/mol. The molecule has 17 atom stereocenters. The van der Waals surface area contributed by atoms with E-state index in [1.807, 2.05) is 49.5 Å². The van der Waals surface area contributed by atoms with Crippen molar-refractivity contribution in [3.63, 3.8) is 0 Å². The van der Waals surface area contributed by atoms with E-state index < -0.39 is 135 Å². The Kier molecular flexibility index (Phi) is 25.8. The van der Waals surface area contributed by atoms with Crippen molar-refractivity contribution in [2.24, 2.45) is 17.6 Å². The summed E-state index contributed by atoms with van der Waals surface area (Å²) in [6.07, 6.45) is 11.9. The highest BCUT2D eigenvalue weighted by molar-refractivity contribution is 5.80. The summed E-state index contributed by atoms with van der Waals surface area (Å²) in [6, 6.07) is -1.23. The van der Waals surface area contributed by atoms with Gasteiger partial charge in [0.2, 0.25) is 5.91 Å². The fourth-order valence-electron chi connectivity index (χ4n) is 9.23. The summed E-state index contributed by atoms with van der Waals surface area (Å²) in [5, 5.41) is 113. The molecule has 0 aromatic heterocycles. The number of fused-ring (bicyclic) bond motifs is 2. The molecule has 3 fully saturated rings. The fraction of sp³-hybridized carbons (Fsp3) is 0.692. The predicted molar refractivity (Wildman–Crippen MR) is 260 cm³/mol. The van der Waals surface area contributed by atoms with Gasteiger partial charge in [0.05, 0.1) is 86.0 Å². The summed E-state index contributed by atoms with van der Waals surface area (Å²) < 4.78 is 23.5. The van der Waals surface area contributed by atoms with Crippen LogP contribution in [0.2, 0.25) is 0 Å². The molecule has 4 aliphatic rings. The Bertz CT molecular complexity index is 1760. The lowest BCUT2D eigenvalue weighted by Crippen LogP contribution is -2.60. The van der Waals surface area contributed by atoms with E-state index in [1.165, 1.54) is 0 Å². The molecule has 70 heavy (non-hydrogen) atoms. The normalized spacial score (nSPS) is 42.7. The van der Waals surface area contributed by atoms with Gasteiger partial charge in [-0.15, -0.1) is 0 Å². The van der Waals surface area contributed by atoms with Crippen LogP contribution in [0.4, 0.5) is 0 Å². The minimum absolute atomic E-state index is 0.0815. The monoisotopic (exact) mass is 991 g/mol. The van der Waals surface area contributed by atoms with Gasteiger partial charge in [-0.25, -0.2) is 0 Å². The standard InChI is InChI=1S/C52H82N2O16/c1-33-19-15-11-9-7-5-3-4-6-8-10-12-18-22-39(69-51-49(64)48(53)44(62)32-67-51)29-45-47(50(65)54-35-20-16-13-14-17-21-35)43(61)31-52(66,70-45)30-38(57)27-42(60)40(58)24-23-36(55)26-37(56)28-46(63)68-34(2)25-41(33)59/h3-12,15,18-19,22,33-45,47-49,51,55-62,64,66H,13-14,16-17,20-21,23-32,53H2,1-2H3,(H,54,65)/b4-3+,7-5+,8-6+,11-9+,12-10+,19-15+,22-18+/t33-,34-,36?,37?,38?,39?,40?,41-,42?,43-,44+,45-,47?,48-,49-,51-,52?/m0/s1. The molecule has 0 radical (unpaired) electrons. The van der Waals surface area contributed by atoms with Crippen molar-refractivity contribution in [1.82, 2.24) is 5.32 Å². The summed E-state index contributed by atoms with van der Waals surface area (Å²) in [4.78, 5) is 26.7. The van der Waals surface area contributed by atoms with Gasteiger partial charge in [-0.05, 0) is 39.0 Å². The first kappa shape index (κ1) is 59.1. The quantitative estimate of drug-likeness (QED) is 0.141. The predicted octanol–water partition coefficient (Wildman–Crippen LogP) is 1.83. The zero-order valence-electron chi connectivity index (χ0n) is 40.7. The average Bonchev–Trinajstić information content (AvgIpc) is 3.55. The molecule has 0 aromatic rings. The number of esters is 1. The molecular weight excluding hydrogens is 909 g/mol. The summed E-state index contributed by atoms with van der Waals surface area (Å²) in [5.41, 5.74) is 6.05. The number of hydrogen-bond acceptors (Lipinski definition) is 17. The molecule has 1 aliphatic carbocycles. The number of hydrogen-bond donors (Lipinski definition) is 12. The Hall–Kier alpha value is -3.44. The first-order valence-corrected chi connectivity index (χ1v) is 25.1. The first-order chi connectivity index (χ1) is 33.3. The highest BCUT2D eigenvalue weighted by atomic mass is 16.7. The van der Waals surface area contributed by atoms with Crippen molar-refractivity contribution in [2.75, 3.05) is 6.61 Å². The molecule has 396 valence electrons. The second-order valence-corrected chi connectivity index (χ2v) is 19.6. The molecule has 2 saturated heterocycles. The maximum atomic E-state index is 14.1. The molecule has 0 spiro atoms. The summed E-state index contributed by atoms with van der Waals surface area (Å²) in [6.45, 7) is 3.24. The van der Waals surface area contributed by atoms with E-state index in [2.05, 4.69) is 5.32 Å². The van der Waals surface area contributed by atoms with Crippen LogP contribution in [-0.4, -0.2) is 167 Å². The van der Waals surface area contributed by atoms with E-state index in [0.717, 1.165) is 38.5 Å². The number of carbonyl (C=O) groups is 2. The van der Waals surface area contributed by atoms with Crippen LogP contribution in [0.3, 0.4) is 0 Å². The molecule has 18 heteroatoms. The van der Waals surface area contributed by atoms with Gasteiger partial charge < -0.3 is 81.1 Å². The molecule has 3 heterocycles. The molecule has 3 aliphatic heterocycles. The zero-order chi connectivity index (χ0) is 51.2. The first-order valence-electron chi connectivity index (χ1n) is 25.1.